The molecular weight excluding hydrogens is 462 g/mol. The predicted octanol–water partition coefficient (Wildman–Crippen LogP) is 2.32. The van der Waals surface area contributed by atoms with Crippen molar-refractivity contribution in [3.05, 3.63) is 29.6 Å². The molecule has 2 aliphatic heterocycles. The molecule has 8 heteroatoms. The summed E-state index contributed by atoms with van der Waals surface area (Å²) in [5, 5.41) is 15.9. The summed E-state index contributed by atoms with van der Waals surface area (Å²) in [6.45, 7) is 5.61. The molecule has 2 heterocycles. The van der Waals surface area contributed by atoms with E-state index in [1.54, 1.807) is 13.1 Å². The molecule has 6 nitrogen and oxygen atoms in total. The Morgan fingerprint density at radius 2 is 2.11 bits per heavy atom. The number of likely N-dealkylation sites (tertiary alicyclic amines) is 1. The predicted molar refractivity (Wildman–Crippen MR) is 115 cm³/mol. The lowest BCUT2D eigenvalue weighted by Crippen LogP contribution is -2.49. The van der Waals surface area contributed by atoms with Gasteiger partial charge in [-0.15, -0.1) is 24.0 Å². The Morgan fingerprint density at radius 3 is 2.74 bits per heavy atom. The molecule has 0 aliphatic carbocycles. The summed E-state index contributed by atoms with van der Waals surface area (Å²) < 4.78 is 18.9. The Hall–Kier alpha value is -1.13. The Bertz CT molecular complexity index is 618. The molecule has 1 aromatic carbocycles. The number of piperidine rings is 1. The van der Waals surface area contributed by atoms with E-state index in [1.807, 2.05) is 0 Å². The first-order valence-electron chi connectivity index (χ1n) is 9.38. The highest BCUT2D eigenvalue weighted by molar-refractivity contribution is 14.0. The topological polar surface area (TPSA) is 69.1 Å². The number of rotatable bonds is 5. The third kappa shape index (κ3) is 6.76. The molecule has 3 N–H and O–H groups in total. The zero-order chi connectivity index (χ0) is 18.4. The van der Waals surface area contributed by atoms with Crippen LogP contribution in [0.2, 0.25) is 0 Å². The molecule has 0 saturated carbocycles. The Morgan fingerprint density at radius 1 is 1.33 bits per heavy atom. The fraction of sp³-hybridized carbons (Fsp3) is 0.632. The largest absolute Gasteiger partial charge is 0.505 e. The Balaban J connectivity index is 0.00000261. The maximum atomic E-state index is 13.4. The lowest BCUT2D eigenvalue weighted by atomic mass is 10.0. The summed E-state index contributed by atoms with van der Waals surface area (Å²) >= 11 is 0. The Kier molecular flexibility index (Phi) is 9.04. The standard InChI is InChI=1S/C19H29FN4O2.HI/c1-21-19(22-11-14-2-3-18(25)17(20)10-14)23-16-4-7-24(8-5-16)12-15-6-9-26-13-15;/h2-3,10,15-16,25H,4-9,11-13H2,1H3,(H2,21,22,23);1H. The van der Waals surface area contributed by atoms with E-state index in [1.165, 1.54) is 18.6 Å². The van der Waals surface area contributed by atoms with E-state index in [9.17, 15) is 9.50 Å². The minimum absolute atomic E-state index is 0. The summed E-state index contributed by atoms with van der Waals surface area (Å²) in [6.07, 6.45) is 3.36. The first-order valence-corrected chi connectivity index (χ1v) is 9.38. The number of hydrogen-bond donors (Lipinski definition) is 3. The van der Waals surface area contributed by atoms with Crippen molar-refractivity contribution in [1.29, 1.82) is 0 Å². The second kappa shape index (κ2) is 11.0. The number of aromatic hydroxyl groups is 1. The molecule has 1 unspecified atom stereocenters. The monoisotopic (exact) mass is 492 g/mol. The highest BCUT2D eigenvalue weighted by Gasteiger charge is 2.24. The molecule has 2 aliphatic rings. The van der Waals surface area contributed by atoms with Gasteiger partial charge in [0.2, 0.25) is 0 Å². The van der Waals surface area contributed by atoms with E-state index in [4.69, 9.17) is 4.74 Å². The number of aliphatic imine (C=N–C) groups is 1. The zero-order valence-corrected chi connectivity index (χ0v) is 18.1. The quantitative estimate of drug-likeness (QED) is 0.335. The van der Waals surface area contributed by atoms with E-state index in [0.717, 1.165) is 57.2 Å². The van der Waals surface area contributed by atoms with Crippen LogP contribution in [-0.2, 0) is 11.3 Å². The zero-order valence-electron chi connectivity index (χ0n) is 15.8. The van der Waals surface area contributed by atoms with Crippen LogP contribution in [0.25, 0.3) is 0 Å². The van der Waals surface area contributed by atoms with Crippen LogP contribution < -0.4 is 10.6 Å². The van der Waals surface area contributed by atoms with Crippen molar-refractivity contribution in [3.8, 4) is 5.75 Å². The molecule has 1 aromatic rings. The summed E-state index contributed by atoms with van der Waals surface area (Å²) in [5.74, 6) is 0.486. The van der Waals surface area contributed by atoms with Gasteiger partial charge in [-0.05, 0) is 42.9 Å². The second-order valence-corrected chi connectivity index (χ2v) is 7.16. The first-order chi connectivity index (χ1) is 12.6. The van der Waals surface area contributed by atoms with E-state index < -0.39 is 5.82 Å². The maximum Gasteiger partial charge on any atom is 0.191 e. The minimum atomic E-state index is -0.604. The molecule has 0 spiro atoms. The van der Waals surface area contributed by atoms with Crippen LogP contribution in [0, 0.1) is 11.7 Å². The van der Waals surface area contributed by atoms with Crippen molar-refractivity contribution in [2.24, 2.45) is 10.9 Å². The van der Waals surface area contributed by atoms with Crippen LogP contribution in [-0.4, -0.2) is 61.9 Å². The second-order valence-electron chi connectivity index (χ2n) is 7.16. The van der Waals surface area contributed by atoms with Crippen LogP contribution in [0.1, 0.15) is 24.8 Å². The van der Waals surface area contributed by atoms with Crippen molar-refractivity contribution in [2.75, 3.05) is 39.9 Å². The van der Waals surface area contributed by atoms with Gasteiger partial charge in [-0.25, -0.2) is 4.39 Å². The van der Waals surface area contributed by atoms with Crippen LogP contribution in [0.3, 0.4) is 0 Å². The van der Waals surface area contributed by atoms with Crippen LogP contribution in [0.5, 0.6) is 5.75 Å². The molecule has 1 atom stereocenters. The van der Waals surface area contributed by atoms with E-state index in [-0.39, 0.29) is 29.7 Å². The number of hydrogen-bond acceptors (Lipinski definition) is 4. The van der Waals surface area contributed by atoms with E-state index in [2.05, 4.69) is 20.5 Å². The lowest BCUT2D eigenvalue weighted by molar-refractivity contribution is 0.150. The number of guanidine groups is 1. The van der Waals surface area contributed by atoms with Gasteiger partial charge in [-0.1, -0.05) is 6.07 Å². The van der Waals surface area contributed by atoms with Gasteiger partial charge in [0, 0.05) is 45.9 Å². The average Bonchev–Trinajstić information content (AvgIpc) is 3.16. The number of phenols is 1. The van der Waals surface area contributed by atoms with Gasteiger partial charge in [0.05, 0.1) is 6.61 Å². The maximum absolute atomic E-state index is 13.4. The third-order valence-corrected chi connectivity index (χ3v) is 5.16. The molecule has 0 aromatic heterocycles. The van der Waals surface area contributed by atoms with Gasteiger partial charge in [-0.2, -0.15) is 0 Å². The molecule has 3 rings (SSSR count). The molecule has 0 bridgehead atoms. The van der Waals surface area contributed by atoms with E-state index in [0.29, 0.717) is 18.5 Å². The SMILES string of the molecule is CN=C(NCc1ccc(O)c(F)c1)NC1CCN(CC2CCOC2)CC1.I. The molecule has 0 amide bonds. The van der Waals surface area contributed by atoms with Crippen molar-refractivity contribution >= 4 is 29.9 Å². The third-order valence-electron chi connectivity index (χ3n) is 5.16. The number of ether oxygens (including phenoxy) is 1. The highest BCUT2D eigenvalue weighted by atomic mass is 127. The highest BCUT2D eigenvalue weighted by Crippen LogP contribution is 2.18. The van der Waals surface area contributed by atoms with Crippen LogP contribution in [0.4, 0.5) is 4.39 Å². The van der Waals surface area contributed by atoms with Crippen molar-refractivity contribution in [2.45, 2.75) is 31.8 Å². The van der Waals surface area contributed by atoms with Crippen LogP contribution in [0.15, 0.2) is 23.2 Å². The summed E-state index contributed by atoms with van der Waals surface area (Å²) in [6, 6.07) is 4.80. The van der Waals surface area contributed by atoms with Gasteiger partial charge < -0.3 is 25.4 Å². The molecule has 2 saturated heterocycles. The molecule has 27 heavy (non-hydrogen) atoms. The summed E-state index contributed by atoms with van der Waals surface area (Å²) in [7, 11) is 1.74. The average molecular weight is 492 g/mol. The molecule has 2 fully saturated rings. The van der Waals surface area contributed by atoms with Crippen molar-refractivity contribution in [1.82, 2.24) is 15.5 Å². The van der Waals surface area contributed by atoms with E-state index >= 15 is 0 Å². The van der Waals surface area contributed by atoms with Crippen molar-refractivity contribution < 1.29 is 14.2 Å². The molecular formula is C19H30FIN4O2. The lowest BCUT2D eigenvalue weighted by Gasteiger charge is -2.34. The van der Waals surface area contributed by atoms with Gasteiger partial charge >= 0.3 is 0 Å². The van der Waals surface area contributed by atoms with Gasteiger partial charge in [0.25, 0.3) is 0 Å². The van der Waals surface area contributed by atoms with Crippen LogP contribution >= 0.6 is 24.0 Å². The minimum Gasteiger partial charge on any atom is -0.505 e. The first kappa shape index (κ1) is 22.2. The number of nitrogens with zero attached hydrogens (tertiary/aromatic N) is 2. The number of benzene rings is 1. The number of phenolic OH excluding ortho intramolecular Hbond substituents is 1. The normalized spacial score (nSPS) is 21.7. The smallest absolute Gasteiger partial charge is 0.191 e. The van der Waals surface area contributed by atoms with Gasteiger partial charge in [0.15, 0.2) is 17.5 Å². The fourth-order valence-corrected chi connectivity index (χ4v) is 3.59. The number of halogens is 2. The molecule has 0 radical (unpaired) electrons. The Labute approximate surface area is 177 Å². The summed E-state index contributed by atoms with van der Waals surface area (Å²) in [4.78, 5) is 6.80. The van der Waals surface area contributed by atoms with Crippen molar-refractivity contribution in [3.63, 3.8) is 0 Å². The fourth-order valence-electron chi connectivity index (χ4n) is 3.59. The molecule has 152 valence electrons. The summed E-state index contributed by atoms with van der Waals surface area (Å²) in [5.41, 5.74) is 0.761. The van der Waals surface area contributed by atoms with Gasteiger partial charge in [0.1, 0.15) is 0 Å². The van der Waals surface area contributed by atoms with Gasteiger partial charge in [-0.3, -0.25) is 4.99 Å². The number of nitrogens with one attached hydrogen (secondary N) is 2.